The fourth-order valence-corrected chi connectivity index (χ4v) is 3.63. The summed E-state index contributed by atoms with van der Waals surface area (Å²) in [6.07, 6.45) is 7.29. The van der Waals surface area contributed by atoms with Gasteiger partial charge in [0.2, 0.25) is 10.3 Å². The molecule has 0 aromatic heterocycles. The molecule has 2 aliphatic heterocycles. The first kappa shape index (κ1) is 12.2. The Morgan fingerprint density at radius 1 is 0.944 bits per heavy atom. The number of hydrogen-bond acceptors (Lipinski definition) is 5. The highest BCUT2D eigenvalue weighted by atomic mass is 28.3. The minimum absolute atomic E-state index is 1.13. The summed E-state index contributed by atoms with van der Waals surface area (Å²) in [5.74, 6) is -2.90. The molecule has 2 atom stereocenters. The average molecular weight is 264 g/mol. The van der Waals surface area contributed by atoms with E-state index in [0.29, 0.717) is 0 Å². The lowest BCUT2D eigenvalue weighted by Gasteiger charge is -2.24. The molecule has 2 aliphatic rings. The third kappa shape index (κ3) is 1.42. The molecule has 0 spiro atoms. The minimum Gasteiger partial charge on any atom is -0.479 e. The van der Waals surface area contributed by atoms with Crippen molar-refractivity contribution < 1.29 is 24.3 Å². The van der Waals surface area contributed by atoms with Crippen LogP contribution in [0.4, 0.5) is 0 Å². The molecule has 0 amide bonds. The van der Waals surface area contributed by atoms with E-state index in [-0.39, 0.29) is 0 Å². The zero-order chi connectivity index (χ0) is 13.4. The Morgan fingerprint density at radius 3 is 1.56 bits per heavy atom. The van der Waals surface area contributed by atoms with Gasteiger partial charge in [-0.25, -0.2) is 9.59 Å². The first-order valence-electron chi connectivity index (χ1n) is 4.93. The maximum atomic E-state index is 12.5. The Morgan fingerprint density at radius 2 is 1.33 bits per heavy atom. The number of nitrogens with zero attached hydrogens (tertiary/aromatic N) is 2. The van der Waals surface area contributed by atoms with Crippen LogP contribution in [0.15, 0.2) is 34.3 Å². The van der Waals surface area contributed by atoms with Crippen molar-refractivity contribution in [3.63, 3.8) is 0 Å². The van der Waals surface area contributed by atoms with Crippen LogP contribution < -0.4 is 0 Å². The SMILES string of the molecule is O=C(O)C1([Si](=O)C2(C(=O)O)C=CC=N2)C=CC=N1. The maximum Gasteiger partial charge on any atom is 0.366 e. The summed E-state index contributed by atoms with van der Waals surface area (Å²) in [6, 6.07) is 0. The number of hydrogen-bond donors (Lipinski definition) is 2. The van der Waals surface area contributed by atoms with Crippen LogP contribution in [0.5, 0.6) is 0 Å². The third-order valence-electron chi connectivity index (χ3n) is 2.75. The number of carboxylic acid groups (broad SMARTS) is 2. The summed E-state index contributed by atoms with van der Waals surface area (Å²) < 4.78 is 12.5. The van der Waals surface area contributed by atoms with Crippen LogP contribution in [-0.4, -0.2) is 53.6 Å². The zero-order valence-electron chi connectivity index (χ0n) is 8.98. The number of rotatable bonds is 4. The second kappa shape index (κ2) is 3.91. The molecule has 18 heavy (non-hydrogen) atoms. The van der Waals surface area contributed by atoms with E-state index in [1.54, 1.807) is 0 Å². The molecule has 2 rings (SSSR count). The van der Waals surface area contributed by atoms with Crippen LogP contribution in [0, 0.1) is 0 Å². The molecular weight excluding hydrogens is 256 g/mol. The number of aliphatic imine (C=N–C) groups is 2. The topological polar surface area (TPSA) is 116 Å². The summed E-state index contributed by atoms with van der Waals surface area (Å²) >= 11 is 0. The highest BCUT2D eigenvalue weighted by Gasteiger charge is 2.60. The average Bonchev–Trinajstić information content (AvgIpc) is 2.99. The van der Waals surface area contributed by atoms with Gasteiger partial charge in [0.15, 0.2) is 0 Å². The van der Waals surface area contributed by atoms with Crippen molar-refractivity contribution in [1.29, 1.82) is 0 Å². The van der Waals surface area contributed by atoms with Crippen molar-refractivity contribution in [3.05, 3.63) is 24.3 Å². The van der Waals surface area contributed by atoms with Crippen LogP contribution in [-0.2, 0) is 14.1 Å². The van der Waals surface area contributed by atoms with E-state index in [4.69, 9.17) is 0 Å². The molecule has 0 bridgehead atoms. The Hall–Kier alpha value is -2.22. The van der Waals surface area contributed by atoms with Crippen LogP contribution in [0.25, 0.3) is 0 Å². The van der Waals surface area contributed by atoms with E-state index in [2.05, 4.69) is 9.98 Å². The van der Waals surface area contributed by atoms with E-state index in [1.165, 1.54) is 24.6 Å². The highest BCUT2D eigenvalue weighted by Crippen LogP contribution is 2.29. The first-order chi connectivity index (χ1) is 8.46. The van der Waals surface area contributed by atoms with E-state index in [0.717, 1.165) is 12.2 Å². The fraction of sp³-hybridized carbons (Fsp3) is 0.200. The van der Waals surface area contributed by atoms with Gasteiger partial charge in [0, 0.05) is 12.4 Å². The number of carbonyl (C=O) groups is 2. The van der Waals surface area contributed by atoms with Crippen molar-refractivity contribution in [2.75, 3.05) is 0 Å². The number of carboxylic acids is 2. The fourth-order valence-electron chi connectivity index (χ4n) is 1.78. The summed E-state index contributed by atoms with van der Waals surface area (Å²) in [6.45, 7) is 0. The van der Waals surface area contributed by atoms with Gasteiger partial charge in [-0.15, -0.1) is 0 Å². The monoisotopic (exact) mass is 264 g/mol. The molecule has 2 heterocycles. The minimum atomic E-state index is -3.28. The van der Waals surface area contributed by atoms with E-state index < -0.39 is 30.9 Å². The first-order valence-corrected chi connectivity index (χ1v) is 6.34. The highest BCUT2D eigenvalue weighted by molar-refractivity contribution is 6.63. The Labute approximate surface area is 103 Å². The van der Waals surface area contributed by atoms with Gasteiger partial charge in [-0.3, -0.25) is 9.98 Å². The lowest BCUT2D eigenvalue weighted by molar-refractivity contribution is -0.139. The molecule has 0 aliphatic carbocycles. The molecule has 0 fully saturated rings. The summed E-state index contributed by atoms with van der Waals surface area (Å²) in [5.41, 5.74) is 0. The van der Waals surface area contributed by atoms with Gasteiger partial charge in [0.05, 0.1) is 0 Å². The van der Waals surface area contributed by atoms with Gasteiger partial charge < -0.3 is 14.7 Å². The summed E-state index contributed by atoms with van der Waals surface area (Å²) in [5, 5.41) is 14.3. The Bertz CT molecular complexity index is 489. The van der Waals surface area contributed by atoms with Crippen LogP contribution in [0.2, 0.25) is 0 Å². The maximum absolute atomic E-state index is 12.5. The second-order valence-electron chi connectivity index (χ2n) is 3.75. The van der Waals surface area contributed by atoms with Gasteiger partial charge in [-0.2, -0.15) is 0 Å². The third-order valence-corrected chi connectivity index (χ3v) is 5.15. The van der Waals surface area contributed by atoms with Gasteiger partial charge in [0.25, 0.3) is 0 Å². The van der Waals surface area contributed by atoms with Crippen LogP contribution in [0.1, 0.15) is 0 Å². The summed E-state index contributed by atoms with van der Waals surface area (Å²) in [4.78, 5) is 29.9. The molecule has 0 radical (unpaired) electrons. The second-order valence-corrected chi connectivity index (χ2v) is 5.93. The number of aliphatic carboxylic acids is 2. The molecule has 2 N–H and O–H groups in total. The quantitative estimate of drug-likeness (QED) is 0.658. The molecule has 2 unspecified atom stereocenters. The van der Waals surface area contributed by atoms with Gasteiger partial charge >= 0.3 is 20.6 Å². The van der Waals surface area contributed by atoms with E-state index in [1.807, 2.05) is 0 Å². The number of allylic oxidation sites excluding steroid dienone is 2. The van der Waals surface area contributed by atoms with Gasteiger partial charge in [0.1, 0.15) is 0 Å². The van der Waals surface area contributed by atoms with E-state index >= 15 is 0 Å². The van der Waals surface area contributed by atoms with E-state index in [9.17, 15) is 24.3 Å². The Balaban J connectivity index is 2.54. The van der Waals surface area contributed by atoms with Crippen LogP contribution in [0.3, 0.4) is 0 Å². The van der Waals surface area contributed by atoms with Crippen molar-refractivity contribution in [3.8, 4) is 0 Å². The molecular formula is C10H8N2O5Si. The lowest BCUT2D eigenvalue weighted by Crippen LogP contribution is -2.58. The standard InChI is InChI=1S/C10H8N2O5Si/c13-7(14)9(3-1-5-11-9)18(17)10(8(15)16)4-2-6-12-10/h1-6H,(H,13,14)(H,15,16). The normalized spacial score (nSPS) is 32.0. The van der Waals surface area contributed by atoms with Gasteiger partial charge in [-0.05, 0) is 24.3 Å². The van der Waals surface area contributed by atoms with Crippen molar-refractivity contribution in [2.24, 2.45) is 9.98 Å². The molecule has 7 nitrogen and oxygen atoms in total. The zero-order valence-corrected chi connectivity index (χ0v) is 9.98. The predicted molar refractivity (Wildman–Crippen MR) is 62.4 cm³/mol. The summed E-state index contributed by atoms with van der Waals surface area (Å²) in [7, 11) is -3.28. The molecule has 92 valence electrons. The molecule has 0 aromatic rings. The smallest absolute Gasteiger partial charge is 0.366 e. The van der Waals surface area contributed by atoms with Crippen molar-refractivity contribution in [1.82, 2.24) is 0 Å². The Kier molecular flexibility index (Phi) is 2.66. The van der Waals surface area contributed by atoms with Crippen molar-refractivity contribution in [2.45, 2.75) is 10.3 Å². The van der Waals surface area contributed by atoms with Crippen LogP contribution >= 0.6 is 0 Å². The molecule has 0 saturated heterocycles. The van der Waals surface area contributed by atoms with Gasteiger partial charge in [-0.1, -0.05) is 0 Å². The lowest BCUT2D eigenvalue weighted by atomic mass is 10.3. The molecule has 0 aromatic carbocycles. The largest absolute Gasteiger partial charge is 0.479 e. The predicted octanol–water partition coefficient (Wildman–Crippen LogP) is -0.585. The van der Waals surface area contributed by atoms with Crippen molar-refractivity contribution >= 4 is 33.1 Å². The molecule has 0 saturated carbocycles. The molecule has 8 heteroatoms.